The quantitative estimate of drug-likeness (QED) is 0.107. The maximum absolute atomic E-state index is 14.3. The van der Waals surface area contributed by atoms with Gasteiger partial charge in [0.05, 0.1) is 22.1 Å². The molecule has 20 rings (SSSR count). The zero-order valence-electron chi connectivity index (χ0n) is 67.8. The molecule has 119 heavy (non-hydrogen) atoms. The number of halogens is 6. The lowest BCUT2D eigenvalue weighted by Crippen LogP contribution is -2.37. The Morgan fingerprint density at radius 2 is 0.521 bits per heavy atom. The van der Waals surface area contributed by atoms with Crippen LogP contribution in [0, 0.1) is 76.4 Å². The van der Waals surface area contributed by atoms with Gasteiger partial charge in [0.15, 0.2) is 0 Å². The van der Waals surface area contributed by atoms with E-state index in [1.54, 1.807) is 60.7 Å². The molecule has 0 N–H and O–H groups in total. The average molecular weight is 1570 g/mol. The van der Waals surface area contributed by atoms with E-state index in [1.165, 1.54) is 133 Å². The van der Waals surface area contributed by atoms with Crippen molar-refractivity contribution in [2.75, 3.05) is 0 Å². The van der Waals surface area contributed by atoms with E-state index in [4.69, 9.17) is 15.0 Å². The van der Waals surface area contributed by atoms with Crippen molar-refractivity contribution in [2.24, 2.45) is 21.1 Å². The maximum atomic E-state index is 14.3. The Morgan fingerprint density at radius 1 is 0.235 bits per heavy atom. The molecule has 0 unspecified atom stereocenters. The number of aromatic nitrogens is 6. The van der Waals surface area contributed by atoms with Crippen LogP contribution in [0.4, 0.5) is 26.3 Å². The van der Waals surface area contributed by atoms with Crippen LogP contribution < -0.4 is 13.7 Å². The molecule has 0 radical (unpaired) electrons. The Bertz CT molecular complexity index is 6940. The van der Waals surface area contributed by atoms with E-state index in [-0.39, 0.29) is 40.3 Å². The number of fused-ring (bicyclic) bond motifs is 14. The van der Waals surface area contributed by atoms with Crippen molar-refractivity contribution in [3.63, 3.8) is 0 Å². The van der Waals surface area contributed by atoms with Crippen LogP contribution in [-0.2, 0) is 32.0 Å². The smallest absolute Gasteiger partial charge is 0.234 e. The van der Waals surface area contributed by atoms with E-state index in [1.807, 2.05) is 67.0 Å². The normalized spacial score (nSPS) is 12.7. The van der Waals surface area contributed by atoms with E-state index < -0.39 is 5.41 Å². The Labute approximate surface area is 689 Å². The van der Waals surface area contributed by atoms with Crippen molar-refractivity contribution in [1.82, 2.24) is 15.0 Å². The number of hydrogen-bond acceptors (Lipinski definition) is 3. The van der Waals surface area contributed by atoms with Crippen molar-refractivity contribution in [2.45, 2.75) is 66.2 Å². The highest BCUT2D eigenvalue weighted by Crippen LogP contribution is 2.63. The highest BCUT2D eigenvalue weighted by molar-refractivity contribution is 5.98. The summed E-state index contributed by atoms with van der Waals surface area (Å²) in [6.45, 7) is 16.4. The number of aryl methyl sites for hydroxylation is 3. The second-order valence-corrected chi connectivity index (χ2v) is 31.9. The van der Waals surface area contributed by atoms with Crippen LogP contribution in [0.3, 0.4) is 0 Å². The van der Waals surface area contributed by atoms with Gasteiger partial charge in [0, 0.05) is 59.6 Å². The molecule has 580 valence electrons. The fraction of sp³-hybridized carbons (Fsp3) is 0.121. The lowest BCUT2D eigenvalue weighted by atomic mass is 9.70. The zero-order chi connectivity index (χ0) is 82.6. The molecule has 0 amide bonds. The number of hydrogen-bond donors (Lipinski definition) is 0. The molecule has 3 heterocycles. The molecule has 0 saturated heterocycles. The Balaban J connectivity index is 0.000000125. The van der Waals surface area contributed by atoms with E-state index in [0.29, 0.717) is 5.69 Å². The lowest BCUT2D eigenvalue weighted by Gasteiger charge is -2.30. The van der Waals surface area contributed by atoms with Crippen LogP contribution in [0.1, 0.15) is 81.0 Å². The summed E-state index contributed by atoms with van der Waals surface area (Å²) >= 11 is 0. The number of nitrogens with zero attached hydrogens (tertiary/aromatic N) is 6. The predicted molar refractivity (Wildman–Crippen MR) is 465 cm³/mol. The van der Waals surface area contributed by atoms with Gasteiger partial charge >= 0.3 is 0 Å². The van der Waals surface area contributed by atoms with Crippen LogP contribution in [-0.4, -0.2) is 15.0 Å². The van der Waals surface area contributed by atoms with E-state index >= 15 is 0 Å². The Kier molecular flexibility index (Phi) is 19.3. The van der Waals surface area contributed by atoms with Crippen molar-refractivity contribution in [3.05, 3.63) is 405 Å². The zero-order valence-corrected chi connectivity index (χ0v) is 67.8. The molecular weight excluding hydrogens is 1480 g/mol. The summed E-state index contributed by atoms with van der Waals surface area (Å²) in [5.74, 6) is -1.75. The van der Waals surface area contributed by atoms with Crippen LogP contribution in [0.2, 0.25) is 0 Å². The molecular formula is C107H83F6N6+3. The van der Waals surface area contributed by atoms with E-state index in [2.05, 4.69) is 199 Å². The molecule has 0 atom stereocenters. The highest BCUT2D eigenvalue weighted by Gasteiger charge is 2.52. The van der Waals surface area contributed by atoms with Gasteiger partial charge in [-0.15, -0.1) is 0 Å². The second-order valence-electron chi connectivity index (χ2n) is 31.9. The number of benzene rings is 14. The van der Waals surface area contributed by atoms with Crippen LogP contribution in [0.5, 0.6) is 0 Å². The molecule has 17 aromatic rings. The Hall–Kier alpha value is -13.8. The van der Waals surface area contributed by atoms with Crippen LogP contribution in [0.25, 0.3) is 145 Å². The minimum atomic E-state index is -0.462. The fourth-order valence-electron chi connectivity index (χ4n) is 18.6. The van der Waals surface area contributed by atoms with Crippen molar-refractivity contribution >= 4 is 10.8 Å². The monoisotopic (exact) mass is 1570 g/mol. The van der Waals surface area contributed by atoms with Gasteiger partial charge < -0.3 is 0 Å². The van der Waals surface area contributed by atoms with Gasteiger partial charge in [0.2, 0.25) is 34.2 Å². The van der Waals surface area contributed by atoms with Gasteiger partial charge in [0.1, 0.15) is 90.2 Å². The first-order valence-corrected chi connectivity index (χ1v) is 39.9. The summed E-state index contributed by atoms with van der Waals surface area (Å²) in [5.41, 5.74) is 35.5. The van der Waals surface area contributed by atoms with Gasteiger partial charge in [-0.25, -0.2) is 41.3 Å². The van der Waals surface area contributed by atoms with Crippen molar-refractivity contribution in [1.29, 1.82) is 0 Å². The third-order valence-corrected chi connectivity index (χ3v) is 24.7. The van der Waals surface area contributed by atoms with Crippen molar-refractivity contribution < 1.29 is 40.0 Å². The fourth-order valence-corrected chi connectivity index (χ4v) is 18.6. The minimum Gasteiger partial charge on any atom is -0.234 e. The summed E-state index contributed by atoms with van der Waals surface area (Å²) in [7, 11) is 6.04. The van der Waals surface area contributed by atoms with E-state index in [0.717, 1.165) is 140 Å². The highest BCUT2D eigenvalue weighted by atomic mass is 19.1. The predicted octanol–water partition coefficient (Wildman–Crippen LogP) is 25.2. The van der Waals surface area contributed by atoms with Crippen LogP contribution in [0.15, 0.2) is 303 Å². The average Bonchev–Trinajstić information content (AvgIpc) is 1.51. The maximum Gasteiger partial charge on any atom is 0.239 e. The summed E-state index contributed by atoms with van der Waals surface area (Å²) in [6.07, 6.45) is 0. The Morgan fingerprint density at radius 3 is 0.924 bits per heavy atom. The second kappa shape index (κ2) is 30.0. The molecule has 1 spiro atoms. The molecule has 0 fully saturated rings. The molecule has 6 nitrogen and oxygen atoms in total. The first-order valence-electron chi connectivity index (χ1n) is 39.9. The molecule has 3 aliphatic carbocycles. The number of rotatable bonds is 9. The van der Waals surface area contributed by atoms with Gasteiger partial charge in [-0.1, -0.05) is 178 Å². The molecule has 0 saturated carbocycles. The lowest BCUT2D eigenvalue weighted by molar-refractivity contribution is -0.666. The first kappa shape index (κ1) is 76.5. The summed E-state index contributed by atoms with van der Waals surface area (Å²) in [5, 5.41) is 2.26. The molecule has 3 aromatic heterocycles. The third kappa shape index (κ3) is 12.9. The summed E-state index contributed by atoms with van der Waals surface area (Å²) < 4.78 is 90.2. The molecule has 14 aromatic carbocycles. The van der Waals surface area contributed by atoms with Crippen molar-refractivity contribution in [3.8, 4) is 135 Å². The molecule has 3 aliphatic rings. The molecule has 0 bridgehead atoms. The van der Waals surface area contributed by atoms with Crippen LogP contribution >= 0.6 is 0 Å². The molecule has 12 heteroatoms. The van der Waals surface area contributed by atoms with E-state index in [9.17, 15) is 26.3 Å². The van der Waals surface area contributed by atoms with Gasteiger partial charge in [-0.3, -0.25) is 0 Å². The summed E-state index contributed by atoms with van der Waals surface area (Å²) in [4.78, 5) is 15.8. The standard InChI is InChI=1S/C44H31F2N2.C34H29F2N2.C29H23F2N2/c1-26-24-31(46)21-23-32(26)43-42(28-16-19-30(45)20-17-28)47-41(27(2)48(43)3)29-18-22-36-35-12-6-9-15-39(35)44(40(36)25-29)37-13-7-4-10-33(37)34-11-5-8-14-38(34)44;1-20-18-25(36)15-17-26(20)33-32(22-10-13-24(35)14-11-22)37-31(21(2)38(33)5)23-12-16-28-27-8-6-7-9-29(27)34(3,4)30(28)19-23;1-18-17-23(31)15-16-24(18)29-28(21-11-13-22(30)14-12-21)32-27(19(2)33(29)3)26-10-6-8-20-7-4-5-9-25(20)26/h4-25H,1-3H3;6-19H,1-5H3;4-17H,1-3H3/q3*+1. The minimum absolute atomic E-state index is 0.122. The van der Waals surface area contributed by atoms with Gasteiger partial charge in [-0.05, 0) is 255 Å². The molecule has 0 aliphatic heterocycles. The third-order valence-electron chi connectivity index (χ3n) is 24.7. The SMILES string of the molecule is Cc1cc(F)ccc1-c1c(-c2ccc(F)cc2)nc(-c2ccc3c(c2)C(C)(C)c2ccccc2-3)c(C)[n+]1C.Cc1cc(F)ccc1-c1c(-c2ccc(F)cc2)nc(-c2ccc3c(c2)C2(c4ccccc4-c4ccccc42)c2ccccc2-3)c(C)[n+]1C.Cc1cc(F)ccc1-c1c(-c2ccc(F)cc2)nc(-c2cccc3ccccc23)c(C)[n+]1C. The first-order chi connectivity index (χ1) is 57.5. The largest absolute Gasteiger partial charge is 0.239 e. The summed E-state index contributed by atoms with van der Waals surface area (Å²) in [6, 6.07) is 96.4. The van der Waals surface area contributed by atoms with Gasteiger partial charge in [-0.2, -0.15) is 13.7 Å². The van der Waals surface area contributed by atoms with Gasteiger partial charge in [0.25, 0.3) is 0 Å². The topological polar surface area (TPSA) is 50.3 Å².